The third kappa shape index (κ3) is 5.44. The van der Waals surface area contributed by atoms with E-state index >= 15 is 0 Å². The van der Waals surface area contributed by atoms with Crippen molar-refractivity contribution >= 4 is 23.8 Å². The predicted octanol–water partition coefficient (Wildman–Crippen LogP) is 4.67. The molecule has 1 saturated carbocycles. The van der Waals surface area contributed by atoms with Crippen molar-refractivity contribution in [3.05, 3.63) is 59.7 Å². The summed E-state index contributed by atoms with van der Waals surface area (Å²) in [6.07, 6.45) is 8.76. The monoisotopic (exact) mass is 376 g/mol. The normalized spacial score (nSPS) is 20.0. The maximum atomic E-state index is 4.90. The molecule has 0 aromatic heterocycles. The van der Waals surface area contributed by atoms with E-state index in [9.17, 15) is 0 Å². The SMILES string of the molecule is CN(C)c1ccc(/C=N/C2CCCCC2/N=C/c2ccc(N(C)C)cc2)cc1. The van der Waals surface area contributed by atoms with E-state index in [2.05, 4.69) is 86.5 Å². The van der Waals surface area contributed by atoms with Crippen LogP contribution in [-0.2, 0) is 0 Å². The van der Waals surface area contributed by atoms with E-state index in [0.29, 0.717) is 0 Å². The van der Waals surface area contributed by atoms with Crippen LogP contribution >= 0.6 is 0 Å². The Kier molecular flexibility index (Phi) is 6.85. The molecule has 0 amide bonds. The summed E-state index contributed by atoms with van der Waals surface area (Å²) >= 11 is 0. The molecule has 0 aliphatic heterocycles. The van der Waals surface area contributed by atoms with Crippen molar-refractivity contribution in [2.75, 3.05) is 38.0 Å². The predicted molar refractivity (Wildman–Crippen MR) is 123 cm³/mol. The van der Waals surface area contributed by atoms with Crippen molar-refractivity contribution in [3.63, 3.8) is 0 Å². The van der Waals surface area contributed by atoms with Crippen LogP contribution in [0.15, 0.2) is 58.5 Å². The topological polar surface area (TPSA) is 31.2 Å². The summed E-state index contributed by atoms with van der Waals surface area (Å²) in [5.74, 6) is 0. The Labute approximate surface area is 169 Å². The lowest BCUT2D eigenvalue weighted by Gasteiger charge is -2.25. The molecule has 1 aliphatic rings. The van der Waals surface area contributed by atoms with E-state index in [-0.39, 0.29) is 12.1 Å². The molecule has 4 nitrogen and oxygen atoms in total. The van der Waals surface area contributed by atoms with Gasteiger partial charge in [0.1, 0.15) is 0 Å². The van der Waals surface area contributed by atoms with Gasteiger partial charge in [-0.2, -0.15) is 0 Å². The van der Waals surface area contributed by atoms with Gasteiger partial charge in [-0.1, -0.05) is 37.1 Å². The van der Waals surface area contributed by atoms with Gasteiger partial charge in [0, 0.05) is 52.0 Å². The molecule has 0 bridgehead atoms. The van der Waals surface area contributed by atoms with E-state index in [1.165, 1.54) is 24.2 Å². The first-order valence-electron chi connectivity index (χ1n) is 10.1. The summed E-state index contributed by atoms with van der Waals surface area (Å²) in [5.41, 5.74) is 4.71. The number of benzene rings is 2. The maximum absolute atomic E-state index is 4.90. The van der Waals surface area contributed by atoms with Gasteiger partial charge in [0.15, 0.2) is 0 Å². The van der Waals surface area contributed by atoms with Crippen molar-refractivity contribution in [3.8, 4) is 0 Å². The van der Waals surface area contributed by atoms with Crippen LogP contribution in [0.1, 0.15) is 36.8 Å². The molecular formula is C24H32N4. The van der Waals surface area contributed by atoms with Gasteiger partial charge < -0.3 is 9.80 Å². The van der Waals surface area contributed by atoms with Gasteiger partial charge >= 0.3 is 0 Å². The van der Waals surface area contributed by atoms with Crippen LogP contribution in [0.4, 0.5) is 11.4 Å². The highest BCUT2D eigenvalue weighted by Crippen LogP contribution is 2.24. The van der Waals surface area contributed by atoms with Crippen molar-refractivity contribution in [1.82, 2.24) is 0 Å². The van der Waals surface area contributed by atoms with Crippen LogP contribution in [0, 0.1) is 0 Å². The third-order valence-electron chi connectivity index (χ3n) is 5.34. The first-order valence-corrected chi connectivity index (χ1v) is 10.1. The maximum Gasteiger partial charge on any atom is 0.0723 e. The second kappa shape index (κ2) is 9.54. The zero-order valence-electron chi connectivity index (χ0n) is 17.5. The molecule has 0 N–H and O–H groups in total. The Bertz CT molecular complexity index is 719. The molecule has 0 saturated heterocycles. The number of anilines is 2. The van der Waals surface area contributed by atoms with Crippen LogP contribution in [-0.4, -0.2) is 52.7 Å². The number of hydrogen-bond donors (Lipinski definition) is 0. The zero-order chi connectivity index (χ0) is 19.9. The minimum absolute atomic E-state index is 0.277. The number of nitrogens with zero attached hydrogens (tertiary/aromatic N) is 4. The van der Waals surface area contributed by atoms with Crippen LogP contribution in [0.5, 0.6) is 0 Å². The summed E-state index contributed by atoms with van der Waals surface area (Å²) in [7, 11) is 8.23. The molecule has 0 radical (unpaired) electrons. The average molecular weight is 377 g/mol. The van der Waals surface area contributed by atoms with Gasteiger partial charge in [-0.05, 0) is 48.2 Å². The molecule has 2 atom stereocenters. The van der Waals surface area contributed by atoms with Gasteiger partial charge in [0.25, 0.3) is 0 Å². The summed E-state index contributed by atoms with van der Waals surface area (Å²) < 4.78 is 0. The smallest absolute Gasteiger partial charge is 0.0723 e. The molecular weight excluding hydrogens is 344 g/mol. The Morgan fingerprint density at radius 2 is 1.00 bits per heavy atom. The summed E-state index contributed by atoms with van der Waals surface area (Å²) in [6, 6.07) is 17.6. The minimum atomic E-state index is 0.277. The lowest BCUT2D eigenvalue weighted by Crippen LogP contribution is -2.27. The molecule has 1 fully saturated rings. The van der Waals surface area contributed by atoms with Gasteiger partial charge in [-0.15, -0.1) is 0 Å². The van der Waals surface area contributed by atoms with Gasteiger partial charge in [-0.3, -0.25) is 9.98 Å². The second-order valence-corrected chi connectivity index (χ2v) is 7.95. The van der Waals surface area contributed by atoms with Crippen LogP contribution < -0.4 is 9.80 Å². The second-order valence-electron chi connectivity index (χ2n) is 7.95. The first kappa shape index (κ1) is 20.1. The zero-order valence-corrected chi connectivity index (χ0v) is 17.5. The molecule has 0 heterocycles. The van der Waals surface area contributed by atoms with Crippen LogP contribution in [0.2, 0.25) is 0 Å². The standard InChI is InChI=1S/C24H32N4/c1-27(2)21-13-9-19(10-14-21)17-25-23-7-5-6-8-24(23)26-18-20-11-15-22(16-12-20)28(3)4/h9-18,23-24H,5-8H2,1-4H3/b25-17+,26-18+. The quantitative estimate of drug-likeness (QED) is 0.686. The van der Waals surface area contributed by atoms with Gasteiger partial charge in [-0.25, -0.2) is 0 Å². The molecule has 4 heteroatoms. The number of hydrogen-bond acceptors (Lipinski definition) is 4. The van der Waals surface area contributed by atoms with E-state index < -0.39 is 0 Å². The highest BCUT2D eigenvalue weighted by atomic mass is 15.1. The molecule has 2 aromatic rings. The lowest BCUT2D eigenvalue weighted by atomic mass is 9.91. The first-order chi connectivity index (χ1) is 13.5. The Morgan fingerprint density at radius 1 is 0.643 bits per heavy atom. The Morgan fingerprint density at radius 3 is 1.32 bits per heavy atom. The average Bonchev–Trinajstić information content (AvgIpc) is 2.72. The van der Waals surface area contributed by atoms with Gasteiger partial charge in [0.05, 0.1) is 12.1 Å². The van der Waals surface area contributed by atoms with Crippen molar-refractivity contribution in [2.45, 2.75) is 37.8 Å². The number of aliphatic imine (C=N–C) groups is 2. The molecule has 2 unspecified atom stereocenters. The molecule has 1 aliphatic carbocycles. The van der Waals surface area contributed by atoms with Crippen LogP contribution in [0.25, 0.3) is 0 Å². The molecule has 2 aromatic carbocycles. The Balaban J connectivity index is 1.66. The lowest BCUT2D eigenvalue weighted by molar-refractivity contribution is 0.390. The molecule has 148 valence electrons. The summed E-state index contributed by atoms with van der Waals surface area (Å²) in [4.78, 5) is 14.0. The largest absolute Gasteiger partial charge is 0.378 e. The van der Waals surface area contributed by atoms with E-state index in [1.54, 1.807) is 0 Å². The van der Waals surface area contributed by atoms with Gasteiger partial charge in [0.2, 0.25) is 0 Å². The van der Waals surface area contributed by atoms with E-state index in [4.69, 9.17) is 9.98 Å². The summed E-state index contributed by atoms with van der Waals surface area (Å²) in [6.45, 7) is 0. The minimum Gasteiger partial charge on any atom is -0.378 e. The van der Waals surface area contributed by atoms with E-state index in [0.717, 1.165) is 24.0 Å². The van der Waals surface area contributed by atoms with E-state index in [1.807, 2.05) is 12.4 Å². The van der Waals surface area contributed by atoms with Crippen LogP contribution in [0.3, 0.4) is 0 Å². The molecule has 0 spiro atoms. The molecule has 28 heavy (non-hydrogen) atoms. The molecule has 3 rings (SSSR count). The van der Waals surface area contributed by atoms with Crippen molar-refractivity contribution < 1.29 is 0 Å². The van der Waals surface area contributed by atoms with Crippen molar-refractivity contribution in [2.24, 2.45) is 9.98 Å². The fourth-order valence-corrected chi connectivity index (χ4v) is 3.52. The van der Waals surface area contributed by atoms with Crippen molar-refractivity contribution in [1.29, 1.82) is 0 Å². The highest BCUT2D eigenvalue weighted by molar-refractivity contribution is 5.81. The third-order valence-corrected chi connectivity index (χ3v) is 5.34. The highest BCUT2D eigenvalue weighted by Gasteiger charge is 2.23. The summed E-state index contributed by atoms with van der Waals surface area (Å²) in [5, 5.41) is 0. The number of rotatable bonds is 6. The fourth-order valence-electron chi connectivity index (χ4n) is 3.52. The fraction of sp³-hybridized carbons (Fsp3) is 0.417. The Hall–Kier alpha value is -2.62.